The third-order valence-corrected chi connectivity index (χ3v) is 4.01. The number of likely N-dealkylation sites (tertiary alicyclic amines) is 1. The monoisotopic (exact) mass is 301 g/mol. The molecule has 1 aliphatic rings. The number of aromatic nitrogens is 1. The largest absolute Gasteiger partial charge is 0.454 e. The second-order valence-electron chi connectivity index (χ2n) is 5.46. The van der Waals surface area contributed by atoms with Crippen LogP contribution in [0.5, 0.6) is 0 Å². The normalized spacial score (nSPS) is 17.9. The third-order valence-electron chi connectivity index (χ3n) is 4.01. The molecule has 0 aromatic carbocycles. The highest BCUT2D eigenvalue weighted by atomic mass is 16.4. The Morgan fingerprint density at radius 3 is 2.95 bits per heavy atom. The summed E-state index contributed by atoms with van der Waals surface area (Å²) in [4.78, 5) is 25.9. The first kappa shape index (κ1) is 14.6. The first-order valence-electron chi connectivity index (χ1n) is 7.44. The van der Waals surface area contributed by atoms with Crippen LogP contribution in [0.25, 0.3) is 0 Å². The standard InChI is InChI=1S/C16H19N3O3/c17-10-12-4-3-9-19(12)16(21)14-7-6-13(22-14)11-18-8-2-1-5-15(18)20/h1-2,5-8,12H,3-4,9-11,17H2/t12-/m1/s1. The van der Waals surface area contributed by atoms with E-state index in [0.717, 1.165) is 19.4 Å². The Morgan fingerprint density at radius 2 is 2.18 bits per heavy atom. The van der Waals surface area contributed by atoms with E-state index in [1.54, 1.807) is 35.4 Å². The molecule has 2 N–H and O–H groups in total. The lowest BCUT2D eigenvalue weighted by Gasteiger charge is -2.22. The van der Waals surface area contributed by atoms with Gasteiger partial charge in [-0.1, -0.05) is 6.07 Å². The van der Waals surface area contributed by atoms with Crippen molar-refractivity contribution >= 4 is 5.91 Å². The van der Waals surface area contributed by atoms with Crippen molar-refractivity contribution in [3.05, 3.63) is 58.4 Å². The summed E-state index contributed by atoms with van der Waals surface area (Å²) in [5, 5.41) is 0. The van der Waals surface area contributed by atoms with Crippen LogP contribution in [0.15, 0.2) is 45.7 Å². The van der Waals surface area contributed by atoms with Gasteiger partial charge in [0.1, 0.15) is 5.76 Å². The average Bonchev–Trinajstić information content (AvgIpc) is 3.17. The molecule has 0 spiro atoms. The number of amides is 1. The van der Waals surface area contributed by atoms with E-state index in [1.807, 2.05) is 0 Å². The number of hydrogen-bond donors (Lipinski definition) is 1. The van der Waals surface area contributed by atoms with E-state index in [0.29, 0.717) is 24.6 Å². The number of furan rings is 1. The molecule has 0 saturated carbocycles. The van der Waals surface area contributed by atoms with E-state index in [1.165, 1.54) is 10.6 Å². The molecule has 22 heavy (non-hydrogen) atoms. The van der Waals surface area contributed by atoms with Gasteiger partial charge in [-0.3, -0.25) is 9.59 Å². The van der Waals surface area contributed by atoms with E-state index in [2.05, 4.69) is 0 Å². The maximum absolute atomic E-state index is 12.5. The quantitative estimate of drug-likeness (QED) is 0.915. The molecule has 1 aliphatic heterocycles. The second kappa shape index (κ2) is 6.19. The average molecular weight is 301 g/mol. The molecule has 116 valence electrons. The van der Waals surface area contributed by atoms with Crippen molar-refractivity contribution in [1.82, 2.24) is 9.47 Å². The number of carbonyl (C=O) groups is 1. The highest BCUT2D eigenvalue weighted by Gasteiger charge is 2.29. The van der Waals surface area contributed by atoms with Gasteiger partial charge in [0.25, 0.3) is 11.5 Å². The van der Waals surface area contributed by atoms with E-state index >= 15 is 0 Å². The molecule has 6 heteroatoms. The van der Waals surface area contributed by atoms with E-state index in [-0.39, 0.29) is 17.5 Å². The van der Waals surface area contributed by atoms with E-state index in [9.17, 15) is 9.59 Å². The summed E-state index contributed by atoms with van der Waals surface area (Å²) in [6.45, 7) is 1.50. The molecule has 0 aliphatic carbocycles. The van der Waals surface area contributed by atoms with Crippen LogP contribution in [0, 0.1) is 0 Å². The molecule has 1 fully saturated rings. The second-order valence-corrected chi connectivity index (χ2v) is 5.46. The van der Waals surface area contributed by atoms with Crippen molar-refractivity contribution in [2.24, 2.45) is 5.73 Å². The maximum atomic E-state index is 12.5. The minimum Gasteiger partial charge on any atom is -0.454 e. The van der Waals surface area contributed by atoms with Crippen molar-refractivity contribution < 1.29 is 9.21 Å². The van der Waals surface area contributed by atoms with Gasteiger partial charge in [-0.25, -0.2) is 0 Å². The number of carbonyl (C=O) groups excluding carboxylic acids is 1. The molecule has 1 amide bonds. The molecular formula is C16H19N3O3. The van der Waals surface area contributed by atoms with Gasteiger partial charge >= 0.3 is 0 Å². The lowest BCUT2D eigenvalue weighted by atomic mass is 10.2. The minimum absolute atomic E-state index is 0.0952. The lowest BCUT2D eigenvalue weighted by molar-refractivity contribution is 0.0707. The van der Waals surface area contributed by atoms with Gasteiger partial charge in [0.05, 0.1) is 6.54 Å². The van der Waals surface area contributed by atoms with Gasteiger partial charge in [0.15, 0.2) is 5.76 Å². The topological polar surface area (TPSA) is 81.5 Å². The zero-order chi connectivity index (χ0) is 15.5. The smallest absolute Gasteiger partial charge is 0.289 e. The van der Waals surface area contributed by atoms with Crippen molar-refractivity contribution in [2.75, 3.05) is 13.1 Å². The first-order chi connectivity index (χ1) is 10.7. The molecule has 2 aromatic rings. The van der Waals surface area contributed by atoms with Crippen molar-refractivity contribution in [1.29, 1.82) is 0 Å². The fraction of sp³-hybridized carbons (Fsp3) is 0.375. The highest BCUT2D eigenvalue weighted by molar-refractivity contribution is 5.92. The Labute approximate surface area is 128 Å². The van der Waals surface area contributed by atoms with Crippen LogP contribution in [0.3, 0.4) is 0 Å². The zero-order valence-electron chi connectivity index (χ0n) is 12.3. The zero-order valence-corrected chi connectivity index (χ0v) is 12.3. The predicted octanol–water partition coefficient (Wildman–Crippen LogP) is 1.05. The summed E-state index contributed by atoms with van der Waals surface area (Å²) >= 11 is 0. The molecule has 2 aromatic heterocycles. The van der Waals surface area contributed by atoms with Crippen LogP contribution in [-0.2, 0) is 6.54 Å². The summed E-state index contributed by atoms with van der Waals surface area (Å²) in [6, 6.07) is 8.46. The fourth-order valence-corrected chi connectivity index (χ4v) is 2.83. The Bertz CT molecular complexity index is 719. The van der Waals surface area contributed by atoms with Gasteiger partial charge in [-0.15, -0.1) is 0 Å². The number of nitrogens with zero attached hydrogens (tertiary/aromatic N) is 2. The van der Waals surface area contributed by atoms with Crippen LogP contribution >= 0.6 is 0 Å². The van der Waals surface area contributed by atoms with Crippen LogP contribution in [0.4, 0.5) is 0 Å². The predicted molar refractivity (Wildman–Crippen MR) is 81.6 cm³/mol. The Balaban J connectivity index is 1.75. The first-order valence-corrected chi connectivity index (χ1v) is 7.44. The van der Waals surface area contributed by atoms with Crippen LogP contribution in [0.2, 0.25) is 0 Å². The molecule has 6 nitrogen and oxygen atoms in total. The molecule has 0 bridgehead atoms. The molecule has 1 atom stereocenters. The highest BCUT2D eigenvalue weighted by Crippen LogP contribution is 2.20. The molecule has 3 rings (SSSR count). The Kier molecular flexibility index (Phi) is 4.11. The van der Waals surface area contributed by atoms with Crippen LogP contribution in [0.1, 0.15) is 29.2 Å². The van der Waals surface area contributed by atoms with Gasteiger partial charge < -0.3 is 19.6 Å². The number of pyridine rings is 1. The number of hydrogen-bond acceptors (Lipinski definition) is 4. The summed E-state index contributed by atoms with van der Waals surface area (Å²) < 4.78 is 7.15. The van der Waals surface area contributed by atoms with Gasteiger partial charge in [-0.05, 0) is 31.0 Å². The Hall–Kier alpha value is -2.34. The molecule has 3 heterocycles. The van der Waals surface area contributed by atoms with E-state index in [4.69, 9.17) is 10.2 Å². The van der Waals surface area contributed by atoms with E-state index < -0.39 is 0 Å². The van der Waals surface area contributed by atoms with Gasteiger partial charge in [0, 0.05) is 31.4 Å². The maximum Gasteiger partial charge on any atom is 0.289 e. The van der Waals surface area contributed by atoms with Crippen LogP contribution in [-0.4, -0.2) is 34.5 Å². The third kappa shape index (κ3) is 2.82. The summed E-state index contributed by atoms with van der Waals surface area (Å²) in [7, 11) is 0. The van der Waals surface area contributed by atoms with Crippen molar-refractivity contribution in [2.45, 2.75) is 25.4 Å². The number of rotatable bonds is 4. The van der Waals surface area contributed by atoms with Gasteiger partial charge in [0.2, 0.25) is 0 Å². The lowest BCUT2D eigenvalue weighted by Crippen LogP contribution is -2.39. The molecule has 0 radical (unpaired) electrons. The summed E-state index contributed by atoms with van der Waals surface area (Å²) in [6.07, 6.45) is 3.60. The fourth-order valence-electron chi connectivity index (χ4n) is 2.83. The molecule has 1 saturated heterocycles. The van der Waals surface area contributed by atoms with Crippen molar-refractivity contribution in [3.8, 4) is 0 Å². The van der Waals surface area contributed by atoms with Crippen LogP contribution < -0.4 is 11.3 Å². The van der Waals surface area contributed by atoms with Gasteiger partial charge in [-0.2, -0.15) is 0 Å². The molecule has 0 unspecified atom stereocenters. The SMILES string of the molecule is NC[C@H]1CCCN1C(=O)c1ccc(Cn2ccccc2=O)o1. The summed E-state index contributed by atoms with van der Waals surface area (Å²) in [5.41, 5.74) is 5.60. The Morgan fingerprint density at radius 1 is 1.32 bits per heavy atom. The number of nitrogens with two attached hydrogens (primary N) is 1. The summed E-state index contributed by atoms with van der Waals surface area (Å²) in [5.74, 6) is 0.763. The van der Waals surface area contributed by atoms with Crippen molar-refractivity contribution in [3.63, 3.8) is 0 Å². The molecular weight excluding hydrogens is 282 g/mol. The minimum atomic E-state index is -0.125.